The highest BCUT2D eigenvalue weighted by Crippen LogP contribution is 2.42. The van der Waals surface area contributed by atoms with E-state index in [9.17, 15) is 28.6 Å². The Morgan fingerprint density at radius 1 is 0.920 bits per heavy atom. The SMILES string of the molecule is C.C.[C-]#[N+][C@]1(CO)O[C@@H](n2cnc3c(N)nc(F)nc32)C[C@H]1O.[C-]#[N+][C@]1(COC(C)=O)O[C@@H](n2cnc3c(N)nc(F)nc32)C[C@H]1OC(C)=O. The molecule has 4 aromatic rings. The number of ether oxygens (including phenoxy) is 4. The van der Waals surface area contributed by atoms with Gasteiger partial charge in [0.1, 0.15) is 12.5 Å². The second-order valence-corrected chi connectivity index (χ2v) is 10.5. The summed E-state index contributed by atoms with van der Waals surface area (Å²) < 4.78 is 50.9. The van der Waals surface area contributed by atoms with E-state index in [2.05, 4.69) is 39.6 Å². The summed E-state index contributed by atoms with van der Waals surface area (Å²) in [5.74, 6) is -1.52. The third-order valence-electron chi connectivity index (χ3n) is 7.40. The number of esters is 2. The smallest absolute Gasteiger partial charge is 0.409 e. The Labute approximate surface area is 282 Å². The predicted molar refractivity (Wildman–Crippen MR) is 166 cm³/mol. The molecule has 6 N–H and O–H groups in total. The van der Waals surface area contributed by atoms with Gasteiger partial charge < -0.3 is 31.2 Å². The Hall–Kier alpha value is -5.68. The van der Waals surface area contributed by atoms with Crippen molar-refractivity contribution in [1.82, 2.24) is 39.0 Å². The normalized spacial score (nSPS) is 25.4. The fraction of sp³-hybridized carbons (Fsp3) is 0.500. The number of nitrogen functional groups attached to an aromatic ring is 2. The van der Waals surface area contributed by atoms with Crippen LogP contribution in [0.1, 0.15) is 54.0 Å². The zero-order valence-corrected chi connectivity index (χ0v) is 25.0. The number of imidazole rings is 2. The van der Waals surface area contributed by atoms with Crippen molar-refractivity contribution in [3.8, 4) is 0 Å². The minimum atomic E-state index is -1.75. The molecule has 50 heavy (non-hydrogen) atoms. The van der Waals surface area contributed by atoms with Gasteiger partial charge in [-0.3, -0.25) is 37.9 Å². The number of aliphatic hydroxyl groups is 2. The quantitative estimate of drug-likeness (QED) is 0.125. The van der Waals surface area contributed by atoms with E-state index >= 15 is 0 Å². The van der Waals surface area contributed by atoms with Crippen LogP contribution in [0.5, 0.6) is 0 Å². The molecule has 20 nitrogen and oxygen atoms in total. The van der Waals surface area contributed by atoms with Gasteiger partial charge in [-0.2, -0.15) is 28.7 Å². The molecule has 2 aliphatic heterocycles. The summed E-state index contributed by atoms with van der Waals surface area (Å²) in [5.41, 5.74) is 8.20. The number of carbonyl (C=O) groups excluding carboxylic acids is 2. The first-order valence-electron chi connectivity index (χ1n) is 13.8. The summed E-state index contributed by atoms with van der Waals surface area (Å²) in [4.78, 5) is 51.2. The van der Waals surface area contributed by atoms with E-state index in [1.54, 1.807) is 0 Å². The molecule has 22 heteroatoms. The summed E-state index contributed by atoms with van der Waals surface area (Å²) in [7, 11) is 0. The van der Waals surface area contributed by atoms with Crippen molar-refractivity contribution < 1.29 is 47.5 Å². The van der Waals surface area contributed by atoms with Gasteiger partial charge in [0.25, 0.3) is 0 Å². The molecule has 4 aromatic heterocycles. The Kier molecular flexibility index (Phi) is 11.5. The van der Waals surface area contributed by atoms with Crippen molar-refractivity contribution in [2.75, 3.05) is 24.7 Å². The van der Waals surface area contributed by atoms with Crippen molar-refractivity contribution in [3.05, 3.63) is 47.6 Å². The molecule has 0 aliphatic carbocycles. The predicted octanol–water partition coefficient (Wildman–Crippen LogP) is 1.28. The third-order valence-corrected chi connectivity index (χ3v) is 7.40. The van der Waals surface area contributed by atoms with Gasteiger partial charge in [-0.05, 0) is 0 Å². The topological polar surface area (TPSA) is 259 Å². The van der Waals surface area contributed by atoms with E-state index in [1.807, 2.05) is 0 Å². The molecule has 2 fully saturated rings. The number of aromatic nitrogens is 8. The van der Waals surface area contributed by atoms with Crippen molar-refractivity contribution in [1.29, 1.82) is 0 Å². The molecule has 2 saturated heterocycles. The van der Waals surface area contributed by atoms with Crippen LogP contribution in [-0.4, -0.2) is 98.1 Å². The van der Waals surface area contributed by atoms with Crippen LogP contribution >= 0.6 is 0 Å². The molecule has 0 bridgehead atoms. The van der Waals surface area contributed by atoms with Gasteiger partial charge in [-0.1, -0.05) is 14.9 Å². The van der Waals surface area contributed by atoms with Gasteiger partial charge in [0, 0.05) is 26.7 Å². The second-order valence-electron chi connectivity index (χ2n) is 10.5. The molecule has 0 radical (unpaired) electrons. The maximum Gasteiger partial charge on any atom is 0.409 e. The molecule has 0 amide bonds. The number of hydrogen-bond donors (Lipinski definition) is 4. The van der Waals surface area contributed by atoms with Crippen molar-refractivity contribution in [2.45, 2.75) is 77.7 Å². The number of nitrogens with zero attached hydrogens (tertiary/aromatic N) is 10. The highest BCUT2D eigenvalue weighted by Gasteiger charge is 2.60. The van der Waals surface area contributed by atoms with Crippen molar-refractivity contribution in [2.24, 2.45) is 0 Å². The summed E-state index contributed by atoms with van der Waals surface area (Å²) >= 11 is 0. The number of fused-ring (bicyclic) bond motifs is 2. The third kappa shape index (κ3) is 7.04. The van der Waals surface area contributed by atoms with Gasteiger partial charge in [0.05, 0.1) is 12.7 Å². The fourth-order valence-corrected chi connectivity index (χ4v) is 5.13. The fourth-order valence-electron chi connectivity index (χ4n) is 5.13. The minimum absolute atomic E-state index is 0. The first kappa shape index (κ1) is 38.8. The Bertz CT molecular complexity index is 1980. The average molecular weight is 705 g/mol. The Balaban J connectivity index is 0.000000267. The molecule has 6 heterocycles. The van der Waals surface area contributed by atoms with E-state index in [0.29, 0.717) is 0 Å². The number of aliphatic hydroxyl groups excluding tert-OH is 2. The van der Waals surface area contributed by atoms with Crippen LogP contribution in [0, 0.1) is 25.3 Å². The van der Waals surface area contributed by atoms with Gasteiger partial charge in [0.15, 0.2) is 46.7 Å². The molecule has 0 saturated carbocycles. The minimum Gasteiger partial charge on any atom is -0.454 e. The van der Waals surface area contributed by atoms with Gasteiger partial charge >= 0.3 is 35.5 Å². The highest BCUT2D eigenvalue weighted by molar-refractivity contribution is 5.82. The van der Waals surface area contributed by atoms with Crippen LogP contribution in [0.15, 0.2) is 12.7 Å². The molecule has 6 rings (SSSR count). The average Bonchev–Trinajstić information content (AvgIpc) is 3.80. The first-order valence-corrected chi connectivity index (χ1v) is 13.8. The van der Waals surface area contributed by atoms with E-state index in [0.717, 1.165) is 0 Å². The largest absolute Gasteiger partial charge is 0.454 e. The van der Waals surface area contributed by atoms with Crippen molar-refractivity contribution in [3.63, 3.8) is 0 Å². The van der Waals surface area contributed by atoms with E-state index in [4.69, 9.17) is 43.6 Å². The molecule has 0 unspecified atom stereocenters. The van der Waals surface area contributed by atoms with E-state index in [1.165, 1.54) is 35.6 Å². The van der Waals surface area contributed by atoms with E-state index in [-0.39, 0.29) is 61.7 Å². The number of anilines is 2. The van der Waals surface area contributed by atoms with Crippen LogP contribution in [0.2, 0.25) is 0 Å². The Morgan fingerprint density at radius 3 is 1.82 bits per heavy atom. The summed E-state index contributed by atoms with van der Waals surface area (Å²) in [6.07, 6.45) is -3.32. The van der Waals surface area contributed by atoms with Gasteiger partial charge in [-0.15, -0.1) is 0 Å². The number of carbonyl (C=O) groups is 2. The molecule has 6 atom stereocenters. The summed E-state index contributed by atoms with van der Waals surface area (Å²) in [6, 6.07) is 0. The molecule has 268 valence electrons. The molecular weight excluding hydrogens is 670 g/mol. The van der Waals surface area contributed by atoms with Crippen LogP contribution in [0.25, 0.3) is 32.0 Å². The number of halogens is 2. The second kappa shape index (κ2) is 14.8. The lowest BCUT2D eigenvalue weighted by atomic mass is 10.1. The molecular formula is C28H34F2N12O8. The maximum absolute atomic E-state index is 13.6. The molecule has 2 aliphatic rings. The summed E-state index contributed by atoms with van der Waals surface area (Å²) in [6.45, 7) is 15.8. The van der Waals surface area contributed by atoms with E-state index < -0.39 is 73.4 Å². The number of nitrogens with two attached hydrogens (primary N) is 2. The highest BCUT2D eigenvalue weighted by atomic mass is 19.1. The van der Waals surface area contributed by atoms with Crippen LogP contribution in [-0.2, 0) is 28.5 Å². The molecule has 0 aromatic carbocycles. The lowest BCUT2D eigenvalue weighted by Crippen LogP contribution is -2.43. The molecule has 0 spiro atoms. The first-order chi connectivity index (χ1) is 22.8. The Morgan fingerprint density at radius 2 is 1.40 bits per heavy atom. The monoisotopic (exact) mass is 704 g/mol. The van der Waals surface area contributed by atoms with Crippen LogP contribution < -0.4 is 11.5 Å². The van der Waals surface area contributed by atoms with Crippen LogP contribution in [0.4, 0.5) is 20.4 Å². The van der Waals surface area contributed by atoms with Crippen molar-refractivity contribution >= 4 is 45.9 Å². The van der Waals surface area contributed by atoms with Gasteiger partial charge in [-0.25, -0.2) is 23.1 Å². The van der Waals surface area contributed by atoms with Crippen LogP contribution in [0.3, 0.4) is 0 Å². The lowest BCUT2D eigenvalue weighted by Gasteiger charge is -2.21. The van der Waals surface area contributed by atoms with Gasteiger partial charge in [0.2, 0.25) is 12.7 Å². The zero-order chi connectivity index (χ0) is 35.0. The number of hydrogen-bond acceptors (Lipinski definition) is 16. The standard InChI is InChI=1S/C15H15FN6O5.C11H11FN6O3.2CH4/c1-7(23)25-5-15(18-3)9(26-8(2)24)4-10(27-15)22-6-19-11-12(17)20-14(16)21-13(11)22;1-14-11(3-19)5(20)2-6(21-11)18-4-15-7-8(13)16-10(12)17-9(7)18;;/h6,9-10H,4-5H2,1-2H3,(H2,17,20,21);4-6,19-20H,2-3H2,(H2,13,16,17);2*1H4/t9-,10-,15-;5-,6-,11-;;/m11../s1. The zero-order valence-electron chi connectivity index (χ0n) is 25.0. The lowest BCUT2D eigenvalue weighted by molar-refractivity contribution is -0.166. The summed E-state index contributed by atoms with van der Waals surface area (Å²) in [5, 5.41) is 19.2. The maximum atomic E-state index is 13.6. The number of rotatable bonds is 6.